The van der Waals surface area contributed by atoms with Crippen molar-refractivity contribution in [3.05, 3.63) is 75.1 Å². The molecule has 4 rings (SSSR count). The Morgan fingerprint density at radius 3 is 2.57 bits per heavy atom. The Bertz CT molecular complexity index is 1100. The lowest BCUT2D eigenvalue weighted by Crippen LogP contribution is -2.31. The van der Waals surface area contributed by atoms with Crippen LogP contribution in [0.4, 0.5) is 5.69 Å². The van der Waals surface area contributed by atoms with Crippen molar-refractivity contribution in [1.82, 2.24) is 4.90 Å². The Morgan fingerprint density at radius 1 is 1.10 bits per heavy atom. The van der Waals surface area contributed by atoms with Gasteiger partial charge in [-0.3, -0.25) is 4.79 Å². The lowest BCUT2D eigenvalue weighted by molar-refractivity contribution is 0.0702. The third-order valence-electron chi connectivity index (χ3n) is 4.98. The Labute approximate surface area is 187 Å². The van der Waals surface area contributed by atoms with E-state index in [1.807, 2.05) is 36.4 Å². The third-order valence-corrected chi connectivity index (χ3v) is 6.70. The quantitative estimate of drug-likeness (QED) is 0.508. The highest BCUT2D eigenvalue weighted by Gasteiger charge is 2.29. The molecule has 0 saturated carbocycles. The molecule has 0 spiro atoms. The van der Waals surface area contributed by atoms with E-state index < -0.39 is 5.97 Å². The number of anilines is 1. The number of likely N-dealkylation sites (tertiary alicyclic amines) is 1. The van der Waals surface area contributed by atoms with Gasteiger partial charge in [-0.1, -0.05) is 53.5 Å². The second-order valence-electron chi connectivity index (χ2n) is 7.03. The topological polar surface area (TPSA) is 69.6 Å². The summed E-state index contributed by atoms with van der Waals surface area (Å²) >= 11 is 13.3. The molecule has 1 aromatic heterocycles. The van der Waals surface area contributed by atoms with Crippen molar-refractivity contribution < 1.29 is 14.7 Å². The van der Waals surface area contributed by atoms with E-state index in [-0.39, 0.29) is 16.8 Å². The number of carbonyl (C=O) groups is 2. The van der Waals surface area contributed by atoms with E-state index >= 15 is 0 Å². The molecule has 1 fully saturated rings. The van der Waals surface area contributed by atoms with E-state index in [1.165, 1.54) is 11.3 Å². The number of aromatic carboxylic acids is 1. The molecule has 1 aliphatic rings. The van der Waals surface area contributed by atoms with Gasteiger partial charge in [0.05, 0.1) is 16.3 Å². The van der Waals surface area contributed by atoms with Gasteiger partial charge >= 0.3 is 5.97 Å². The average molecular weight is 461 g/mol. The van der Waals surface area contributed by atoms with Crippen molar-refractivity contribution in [2.45, 2.75) is 12.5 Å². The molecule has 1 unspecified atom stereocenters. The Morgan fingerprint density at radius 2 is 1.87 bits per heavy atom. The van der Waals surface area contributed by atoms with Gasteiger partial charge in [0.1, 0.15) is 4.88 Å². The number of nitrogens with zero attached hydrogens (tertiary/aromatic N) is 1. The summed E-state index contributed by atoms with van der Waals surface area (Å²) in [5.41, 5.74) is 1.96. The van der Waals surface area contributed by atoms with Gasteiger partial charge in [0, 0.05) is 29.0 Å². The molecule has 1 amide bonds. The highest BCUT2D eigenvalue weighted by Crippen LogP contribution is 2.36. The maximum atomic E-state index is 12.8. The number of rotatable bonds is 5. The fourth-order valence-corrected chi connectivity index (χ4v) is 4.97. The van der Waals surface area contributed by atoms with Crippen molar-refractivity contribution in [2.24, 2.45) is 0 Å². The minimum atomic E-state index is -0.969. The van der Waals surface area contributed by atoms with Crippen LogP contribution in [0.2, 0.25) is 10.0 Å². The number of amides is 1. The molecule has 1 atom stereocenters. The molecule has 154 valence electrons. The number of halogens is 2. The highest BCUT2D eigenvalue weighted by atomic mass is 35.5. The van der Waals surface area contributed by atoms with Crippen molar-refractivity contribution in [2.75, 3.05) is 18.4 Å². The van der Waals surface area contributed by atoms with E-state index in [4.69, 9.17) is 23.2 Å². The van der Waals surface area contributed by atoms with Crippen LogP contribution in [-0.2, 0) is 0 Å². The molecule has 30 heavy (non-hydrogen) atoms. The van der Waals surface area contributed by atoms with Crippen molar-refractivity contribution in [1.29, 1.82) is 0 Å². The van der Waals surface area contributed by atoms with Crippen LogP contribution in [0, 0.1) is 0 Å². The summed E-state index contributed by atoms with van der Waals surface area (Å²) in [5.74, 6) is -1.13. The molecule has 8 heteroatoms. The molecule has 1 aliphatic heterocycles. The van der Waals surface area contributed by atoms with Crippen LogP contribution in [0.15, 0.2) is 54.6 Å². The Kier molecular flexibility index (Phi) is 5.99. The molecule has 0 bridgehead atoms. The summed E-state index contributed by atoms with van der Waals surface area (Å²) in [6.45, 7) is 1.03. The zero-order chi connectivity index (χ0) is 21.3. The first-order chi connectivity index (χ1) is 14.4. The first-order valence-corrected chi connectivity index (χ1v) is 10.9. The monoisotopic (exact) mass is 460 g/mol. The van der Waals surface area contributed by atoms with E-state index in [9.17, 15) is 14.7 Å². The molecule has 2 aromatic carbocycles. The number of carbonyl (C=O) groups excluding carboxylic acids is 1. The van der Waals surface area contributed by atoms with Crippen molar-refractivity contribution in [3.63, 3.8) is 0 Å². The first kappa shape index (κ1) is 20.7. The lowest BCUT2D eigenvalue weighted by atomic mass is 10.2. The molecular weight excluding hydrogens is 443 g/mol. The number of nitrogens with one attached hydrogen (secondary N) is 1. The summed E-state index contributed by atoms with van der Waals surface area (Å²) in [5, 5.41) is 13.7. The van der Waals surface area contributed by atoms with Gasteiger partial charge in [-0.2, -0.15) is 0 Å². The molecule has 2 N–H and O–H groups in total. The zero-order valence-electron chi connectivity index (χ0n) is 15.8. The van der Waals surface area contributed by atoms with Crippen LogP contribution in [0.3, 0.4) is 0 Å². The summed E-state index contributed by atoms with van der Waals surface area (Å²) in [7, 11) is 0. The second-order valence-corrected chi connectivity index (χ2v) is 8.93. The van der Waals surface area contributed by atoms with Crippen LogP contribution in [0.25, 0.3) is 10.4 Å². The molecule has 3 aromatic rings. The van der Waals surface area contributed by atoms with Crippen LogP contribution in [0.5, 0.6) is 0 Å². The van der Waals surface area contributed by atoms with Crippen LogP contribution in [-0.4, -0.2) is 41.0 Å². The van der Waals surface area contributed by atoms with Crippen LogP contribution >= 0.6 is 34.5 Å². The van der Waals surface area contributed by atoms with Gasteiger partial charge in [-0.25, -0.2) is 4.79 Å². The van der Waals surface area contributed by atoms with E-state index in [2.05, 4.69) is 5.32 Å². The fraction of sp³-hybridized carbons (Fsp3) is 0.182. The average Bonchev–Trinajstić information content (AvgIpc) is 3.36. The van der Waals surface area contributed by atoms with Crippen molar-refractivity contribution in [3.8, 4) is 10.4 Å². The van der Waals surface area contributed by atoms with Gasteiger partial charge in [0.15, 0.2) is 0 Å². The molecule has 2 heterocycles. The van der Waals surface area contributed by atoms with Gasteiger partial charge < -0.3 is 15.3 Å². The Balaban J connectivity index is 1.50. The number of hydrogen-bond acceptors (Lipinski definition) is 4. The minimum Gasteiger partial charge on any atom is -0.477 e. The van der Waals surface area contributed by atoms with E-state index in [1.54, 1.807) is 23.1 Å². The Hall–Kier alpha value is -2.54. The highest BCUT2D eigenvalue weighted by molar-refractivity contribution is 7.18. The predicted molar refractivity (Wildman–Crippen MR) is 121 cm³/mol. The minimum absolute atomic E-state index is 0.0450. The van der Waals surface area contributed by atoms with Gasteiger partial charge in [0.25, 0.3) is 5.91 Å². The van der Waals surface area contributed by atoms with Crippen molar-refractivity contribution >= 4 is 52.1 Å². The molecule has 5 nitrogen and oxygen atoms in total. The number of thiophene rings is 1. The molecule has 0 radical (unpaired) electrons. The van der Waals surface area contributed by atoms with Gasteiger partial charge in [0.2, 0.25) is 0 Å². The van der Waals surface area contributed by atoms with E-state index in [0.717, 1.165) is 10.4 Å². The number of benzene rings is 2. The summed E-state index contributed by atoms with van der Waals surface area (Å²) in [4.78, 5) is 27.4. The smallest absolute Gasteiger partial charge is 0.348 e. The summed E-state index contributed by atoms with van der Waals surface area (Å²) in [6.07, 6.45) is 0.715. The third kappa shape index (κ3) is 4.31. The van der Waals surface area contributed by atoms with E-state index in [0.29, 0.717) is 40.8 Å². The summed E-state index contributed by atoms with van der Waals surface area (Å²) in [6, 6.07) is 16.3. The number of carboxylic acid groups (broad SMARTS) is 1. The maximum absolute atomic E-state index is 12.8. The standard InChI is InChI=1S/C22H18Cl2N2O3S/c23-14-6-7-16(17(24)10-14)21(27)26-9-8-15(12-26)25-18-11-19(30-20(18)22(28)29)13-4-2-1-3-5-13/h1-7,10-11,15,25H,8-9,12H2,(H,28,29). The predicted octanol–water partition coefficient (Wildman–Crippen LogP) is 5.75. The zero-order valence-corrected chi connectivity index (χ0v) is 18.1. The van der Waals surface area contributed by atoms with Gasteiger partial charge in [-0.15, -0.1) is 11.3 Å². The number of carboxylic acids is 1. The largest absolute Gasteiger partial charge is 0.477 e. The van der Waals surface area contributed by atoms with Crippen LogP contribution < -0.4 is 5.32 Å². The molecule has 1 saturated heterocycles. The van der Waals surface area contributed by atoms with Crippen LogP contribution in [0.1, 0.15) is 26.5 Å². The number of hydrogen-bond donors (Lipinski definition) is 2. The SMILES string of the molecule is O=C(O)c1sc(-c2ccccc2)cc1NC1CCN(C(=O)c2ccc(Cl)cc2Cl)C1. The normalized spacial score (nSPS) is 15.9. The maximum Gasteiger partial charge on any atom is 0.348 e. The lowest BCUT2D eigenvalue weighted by Gasteiger charge is -2.18. The summed E-state index contributed by atoms with van der Waals surface area (Å²) < 4.78 is 0. The fourth-order valence-electron chi connectivity index (χ4n) is 3.52. The molecular formula is C22H18Cl2N2O3S. The van der Waals surface area contributed by atoms with Gasteiger partial charge in [-0.05, 0) is 36.2 Å². The first-order valence-electron chi connectivity index (χ1n) is 9.36. The molecule has 0 aliphatic carbocycles. The second kappa shape index (κ2) is 8.68.